The first-order valence-corrected chi connectivity index (χ1v) is 9.00. The molecular weight excluding hydrogens is 338 g/mol. The summed E-state index contributed by atoms with van der Waals surface area (Å²) in [5, 5.41) is 11.0. The van der Waals surface area contributed by atoms with Gasteiger partial charge in [-0.2, -0.15) is 0 Å². The summed E-state index contributed by atoms with van der Waals surface area (Å²) in [7, 11) is 0. The van der Waals surface area contributed by atoms with Crippen LogP contribution in [0.4, 0.5) is 5.82 Å². The maximum atomic E-state index is 10.3. The molecular formula is C19H25ClN3O2+. The van der Waals surface area contributed by atoms with Crippen molar-refractivity contribution in [3.8, 4) is 5.75 Å². The second kappa shape index (κ2) is 8.52. The van der Waals surface area contributed by atoms with Gasteiger partial charge in [-0.25, -0.2) is 4.98 Å². The Balaban J connectivity index is 1.42. The van der Waals surface area contributed by atoms with E-state index in [2.05, 4.69) is 20.9 Å². The normalized spacial score (nSPS) is 16.7. The van der Waals surface area contributed by atoms with Crippen molar-refractivity contribution < 1.29 is 14.8 Å². The van der Waals surface area contributed by atoms with Crippen molar-refractivity contribution in [2.45, 2.75) is 13.0 Å². The van der Waals surface area contributed by atoms with Crippen molar-refractivity contribution in [2.24, 2.45) is 0 Å². The highest BCUT2D eigenvalue weighted by Gasteiger charge is 2.24. The number of aromatic amines is 1. The fourth-order valence-electron chi connectivity index (χ4n) is 3.06. The molecule has 0 saturated carbocycles. The standard InChI is InChI=1S/C19H24ClN3O2/c1-15-12-16(20)5-6-18(15)25-14-17(24)13-22-8-10-23(11-9-22)19-4-2-3-7-21-19/h2-7,12,17,24H,8-11,13-14H2,1H3/p+1/t17-/m1/s1. The van der Waals surface area contributed by atoms with E-state index in [9.17, 15) is 5.11 Å². The van der Waals surface area contributed by atoms with E-state index < -0.39 is 6.10 Å². The molecule has 2 heterocycles. The minimum absolute atomic E-state index is 0.287. The lowest BCUT2D eigenvalue weighted by atomic mass is 10.2. The molecule has 2 aromatic rings. The first kappa shape index (κ1) is 18.0. The molecule has 3 rings (SSSR count). The highest BCUT2D eigenvalue weighted by Crippen LogP contribution is 2.22. The molecule has 2 N–H and O–H groups in total. The number of aryl methyl sites for hydroxylation is 1. The van der Waals surface area contributed by atoms with Crippen LogP contribution in [0.1, 0.15) is 5.56 Å². The Bertz CT molecular complexity index is 676. The maximum Gasteiger partial charge on any atom is 0.274 e. The van der Waals surface area contributed by atoms with E-state index in [4.69, 9.17) is 16.3 Å². The number of benzene rings is 1. The first-order chi connectivity index (χ1) is 12.1. The molecule has 0 radical (unpaired) electrons. The van der Waals surface area contributed by atoms with Crippen LogP contribution in [0.2, 0.25) is 5.02 Å². The van der Waals surface area contributed by atoms with Gasteiger partial charge < -0.3 is 9.84 Å². The van der Waals surface area contributed by atoms with Crippen LogP contribution in [0.5, 0.6) is 5.75 Å². The minimum atomic E-state index is -0.509. The third-order valence-corrected chi connectivity index (χ3v) is 4.68. The smallest absolute Gasteiger partial charge is 0.274 e. The summed E-state index contributed by atoms with van der Waals surface area (Å²) in [6, 6.07) is 11.6. The zero-order valence-electron chi connectivity index (χ0n) is 14.5. The van der Waals surface area contributed by atoms with Crippen LogP contribution in [-0.2, 0) is 0 Å². The summed E-state index contributed by atoms with van der Waals surface area (Å²) in [4.78, 5) is 7.88. The van der Waals surface area contributed by atoms with Gasteiger partial charge in [0.05, 0.1) is 19.3 Å². The van der Waals surface area contributed by atoms with E-state index in [1.54, 1.807) is 6.07 Å². The molecule has 134 valence electrons. The Morgan fingerprint density at radius 2 is 2.00 bits per heavy atom. The Morgan fingerprint density at radius 1 is 1.20 bits per heavy atom. The van der Waals surface area contributed by atoms with E-state index >= 15 is 0 Å². The van der Waals surface area contributed by atoms with Crippen molar-refractivity contribution in [1.82, 2.24) is 4.90 Å². The molecule has 1 aliphatic heterocycles. The maximum absolute atomic E-state index is 10.3. The van der Waals surface area contributed by atoms with Gasteiger partial charge in [-0.3, -0.25) is 9.80 Å². The number of ether oxygens (including phenoxy) is 1. The van der Waals surface area contributed by atoms with Crippen LogP contribution < -0.4 is 14.6 Å². The number of aliphatic hydroxyl groups is 1. The van der Waals surface area contributed by atoms with Gasteiger partial charge in [0.1, 0.15) is 18.5 Å². The molecule has 0 unspecified atom stereocenters. The molecule has 1 saturated heterocycles. The Labute approximate surface area is 153 Å². The number of aliphatic hydroxyl groups excluding tert-OH is 1. The third kappa shape index (κ3) is 5.08. The van der Waals surface area contributed by atoms with Crippen LogP contribution in [0.3, 0.4) is 0 Å². The monoisotopic (exact) mass is 362 g/mol. The summed E-state index contributed by atoms with van der Waals surface area (Å²) in [6.07, 6.45) is 1.44. The number of H-pyrrole nitrogens is 1. The molecule has 0 aliphatic carbocycles. The van der Waals surface area contributed by atoms with Crippen LogP contribution in [0, 0.1) is 6.92 Å². The van der Waals surface area contributed by atoms with E-state index in [-0.39, 0.29) is 6.61 Å². The van der Waals surface area contributed by atoms with E-state index in [0.717, 1.165) is 43.3 Å². The predicted octanol–water partition coefficient (Wildman–Crippen LogP) is 2.02. The van der Waals surface area contributed by atoms with Gasteiger partial charge in [-0.1, -0.05) is 17.7 Å². The summed E-state index contributed by atoms with van der Waals surface area (Å²) in [6.45, 7) is 6.62. The lowest BCUT2D eigenvalue weighted by Gasteiger charge is -2.32. The SMILES string of the molecule is Cc1cc(Cl)ccc1OC[C@H](O)CN1CCN(c2cccc[nH+]2)CC1. The van der Waals surface area contributed by atoms with Gasteiger partial charge in [0.25, 0.3) is 5.82 Å². The van der Waals surface area contributed by atoms with Crippen LogP contribution >= 0.6 is 11.6 Å². The topological polar surface area (TPSA) is 50.1 Å². The highest BCUT2D eigenvalue weighted by molar-refractivity contribution is 6.30. The van der Waals surface area contributed by atoms with E-state index in [1.807, 2.05) is 37.4 Å². The van der Waals surface area contributed by atoms with Gasteiger partial charge in [-0.05, 0) is 36.8 Å². The molecule has 6 heteroatoms. The molecule has 0 bridgehead atoms. The Kier molecular flexibility index (Phi) is 6.13. The Morgan fingerprint density at radius 3 is 2.68 bits per heavy atom. The average molecular weight is 363 g/mol. The number of β-amino-alcohol motifs (C(OH)–C–C–N with tert-alkyl or cyclic N) is 1. The van der Waals surface area contributed by atoms with E-state index in [0.29, 0.717) is 11.6 Å². The number of nitrogens with zero attached hydrogens (tertiary/aromatic N) is 2. The average Bonchev–Trinajstić information content (AvgIpc) is 2.62. The molecule has 1 aromatic carbocycles. The summed E-state index contributed by atoms with van der Waals surface area (Å²) >= 11 is 5.95. The first-order valence-electron chi connectivity index (χ1n) is 8.63. The van der Waals surface area contributed by atoms with Crippen molar-refractivity contribution in [2.75, 3.05) is 44.2 Å². The van der Waals surface area contributed by atoms with Crippen molar-refractivity contribution in [3.05, 3.63) is 53.2 Å². The number of nitrogens with one attached hydrogen (secondary N) is 1. The number of hydrogen-bond donors (Lipinski definition) is 1. The van der Waals surface area contributed by atoms with Crippen LogP contribution in [0.15, 0.2) is 42.6 Å². The number of hydrogen-bond acceptors (Lipinski definition) is 4. The van der Waals surface area contributed by atoms with Gasteiger partial charge >= 0.3 is 0 Å². The summed E-state index contributed by atoms with van der Waals surface area (Å²) < 4.78 is 5.73. The number of pyridine rings is 1. The molecule has 1 aliphatic rings. The summed E-state index contributed by atoms with van der Waals surface area (Å²) in [5.74, 6) is 1.91. The van der Waals surface area contributed by atoms with Crippen LogP contribution in [-0.4, -0.2) is 55.4 Å². The fourth-order valence-corrected chi connectivity index (χ4v) is 3.29. The quantitative estimate of drug-likeness (QED) is 0.854. The molecule has 5 nitrogen and oxygen atoms in total. The minimum Gasteiger partial charge on any atom is -0.491 e. The number of halogens is 1. The van der Waals surface area contributed by atoms with Gasteiger partial charge in [0.15, 0.2) is 0 Å². The summed E-state index contributed by atoms with van der Waals surface area (Å²) in [5.41, 5.74) is 0.979. The fraction of sp³-hybridized carbons (Fsp3) is 0.421. The van der Waals surface area contributed by atoms with Crippen LogP contribution in [0.25, 0.3) is 0 Å². The molecule has 0 spiro atoms. The lowest BCUT2D eigenvalue weighted by Crippen LogP contribution is -2.50. The zero-order valence-corrected chi connectivity index (χ0v) is 15.2. The van der Waals surface area contributed by atoms with Gasteiger partial charge in [0.2, 0.25) is 0 Å². The van der Waals surface area contributed by atoms with Crippen molar-refractivity contribution in [1.29, 1.82) is 0 Å². The molecule has 1 fully saturated rings. The number of anilines is 1. The lowest BCUT2D eigenvalue weighted by molar-refractivity contribution is -0.364. The number of aromatic nitrogens is 1. The van der Waals surface area contributed by atoms with Gasteiger partial charge in [-0.15, -0.1) is 0 Å². The second-order valence-electron chi connectivity index (χ2n) is 6.41. The van der Waals surface area contributed by atoms with Crippen molar-refractivity contribution >= 4 is 17.4 Å². The molecule has 1 aromatic heterocycles. The zero-order chi connectivity index (χ0) is 17.6. The third-order valence-electron chi connectivity index (χ3n) is 4.44. The molecule has 25 heavy (non-hydrogen) atoms. The van der Waals surface area contributed by atoms with Crippen molar-refractivity contribution in [3.63, 3.8) is 0 Å². The molecule has 0 amide bonds. The highest BCUT2D eigenvalue weighted by atomic mass is 35.5. The molecule has 1 atom stereocenters. The number of rotatable bonds is 6. The second-order valence-corrected chi connectivity index (χ2v) is 6.85. The van der Waals surface area contributed by atoms with E-state index in [1.165, 1.54) is 0 Å². The van der Waals surface area contributed by atoms with Gasteiger partial charge in [0, 0.05) is 30.7 Å². The number of piperazine rings is 1. The predicted molar refractivity (Wildman–Crippen MR) is 99.3 cm³/mol. The Hall–Kier alpha value is -1.82. The largest absolute Gasteiger partial charge is 0.491 e.